The molecule has 0 heteroatoms. The second kappa shape index (κ2) is 59.7. The summed E-state index contributed by atoms with van der Waals surface area (Å²) >= 11 is 0. The number of hydrogen-bond acceptors (Lipinski definition) is 0. The second-order valence-corrected chi connectivity index (χ2v) is 4.24. The van der Waals surface area contributed by atoms with Gasteiger partial charge in [0.1, 0.15) is 0 Å². The van der Waals surface area contributed by atoms with E-state index in [4.69, 9.17) is 0 Å². The topological polar surface area (TPSA) is 0 Å². The lowest BCUT2D eigenvalue weighted by molar-refractivity contribution is 0.886. The van der Waals surface area contributed by atoms with Crippen molar-refractivity contribution in [3.8, 4) is 0 Å². The molecule has 2 aliphatic rings. The van der Waals surface area contributed by atoms with Crippen LogP contribution in [0.2, 0.25) is 0 Å². The highest BCUT2D eigenvalue weighted by atomic mass is 14.0. The summed E-state index contributed by atoms with van der Waals surface area (Å²) in [6.45, 7) is 20.2. The molecule has 2 rings (SSSR count). The molecule has 0 saturated heterocycles. The maximum absolute atomic E-state index is 2.12. The Bertz CT molecular complexity index is 42.9. The average molecular weight is 305 g/mol. The van der Waals surface area contributed by atoms with Gasteiger partial charge in [-0.2, -0.15) is 0 Å². The minimum Gasteiger partial charge on any atom is -0.0683 e. The van der Waals surface area contributed by atoms with Crippen LogP contribution in [0.5, 0.6) is 0 Å². The van der Waals surface area contributed by atoms with Gasteiger partial charge in [0.05, 0.1) is 0 Å². The first kappa shape index (κ1) is 32.8. The molecule has 0 aromatic heterocycles. The van der Waals surface area contributed by atoms with Crippen LogP contribution in [0.3, 0.4) is 0 Å². The van der Waals surface area contributed by atoms with E-state index in [1.165, 1.54) is 70.6 Å². The van der Waals surface area contributed by atoms with Crippen LogP contribution in [0.4, 0.5) is 0 Å². The summed E-state index contributed by atoms with van der Waals surface area (Å²) in [6, 6.07) is 0. The third-order valence-corrected chi connectivity index (χ3v) is 2.50. The van der Waals surface area contributed by atoms with Gasteiger partial charge in [0.2, 0.25) is 0 Å². The zero-order chi connectivity index (χ0) is 17.8. The summed E-state index contributed by atoms with van der Waals surface area (Å²) in [6.07, 6.45) is 16.2. The quantitative estimate of drug-likeness (QED) is 0.418. The lowest BCUT2D eigenvalue weighted by Crippen LogP contribution is -1.47. The van der Waals surface area contributed by atoms with E-state index in [-0.39, 0.29) is 0 Å². The van der Waals surface area contributed by atoms with E-state index in [2.05, 4.69) is 13.8 Å². The number of rotatable bonds is 0. The monoisotopic (exact) mass is 304 g/mol. The summed E-state index contributed by atoms with van der Waals surface area (Å²) in [5, 5.41) is 0. The lowest BCUT2D eigenvalue weighted by Gasteiger charge is -1.67. The van der Waals surface area contributed by atoms with Gasteiger partial charge in [-0.3, -0.25) is 0 Å². The van der Waals surface area contributed by atoms with E-state index >= 15 is 0 Å². The minimum atomic E-state index is 1.25. The highest BCUT2D eigenvalue weighted by Gasteiger charge is 1.95. The fraction of sp³-hybridized carbons (Fsp3) is 1.00. The van der Waals surface area contributed by atoms with Gasteiger partial charge < -0.3 is 0 Å². The zero-order valence-corrected chi connectivity index (χ0v) is 17.8. The molecule has 0 N–H and O–H groups in total. The van der Waals surface area contributed by atoms with Crippen LogP contribution in [0, 0.1) is 0 Å². The summed E-state index contributed by atoms with van der Waals surface area (Å²) in [5.41, 5.74) is 0. The van der Waals surface area contributed by atoms with Crippen molar-refractivity contribution in [3.05, 3.63) is 0 Å². The minimum absolute atomic E-state index is 1.25. The first-order valence-electron chi connectivity index (χ1n) is 10.4. The largest absolute Gasteiger partial charge is 0.0683 e. The van der Waals surface area contributed by atoms with Crippen molar-refractivity contribution >= 4 is 0 Å². The van der Waals surface area contributed by atoms with Crippen molar-refractivity contribution in [1.82, 2.24) is 0 Å². The SMILES string of the molecule is C1CCCC1.C1CCCC1.CC.CC.CC.CC.CCC. The molecule has 0 unspecified atom stereocenters. The van der Waals surface area contributed by atoms with Crippen LogP contribution in [-0.2, 0) is 0 Å². The van der Waals surface area contributed by atoms with Gasteiger partial charge in [0, 0.05) is 0 Å². The number of hydrogen-bond donors (Lipinski definition) is 0. The highest BCUT2D eigenvalue weighted by molar-refractivity contribution is 4.51. The molecule has 2 saturated carbocycles. The molecule has 0 atom stereocenters. The molecule has 0 spiro atoms. The third kappa shape index (κ3) is 64.8. The van der Waals surface area contributed by atoms with E-state index in [0.717, 1.165) is 0 Å². The Kier molecular flexibility index (Phi) is 93.2. The first-order chi connectivity index (χ1) is 10.4. The van der Waals surface area contributed by atoms with Crippen LogP contribution >= 0.6 is 0 Å². The summed E-state index contributed by atoms with van der Waals surface area (Å²) < 4.78 is 0. The predicted molar refractivity (Wildman–Crippen MR) is 108 cm³/mol. The van der Waals surface area contributed by atoms with Crippen molar-refractivity contribution < 1.29 is 0 Å². The molecule has 0 heterocycles. The van der Waals surface area contributed by atoms with Gasteiger partial charge in [-0.25, -0.2) is 0 Å². The highest BCUT2D eigenvalue weighted by Crippen LogP contribution is 2.15. The molecule has 0 aromatic rings. The van der Waals surface area contributed by atoms with Gasteiger partial charge >= 0.3 is 0 Å². The van der Waals surface area contributed by atoms with Crippen molar-refractivity contribution in [3.63, 3.8) is 0 Å². The van der Waals surface area contributed by atoms with E-state index in [9.17, 15) is 0 Å². The Morgan fingerprint density at radius 1 is 0.333 bits per heavy atom. The van der Waals surface area contributed by atoms with Crippen LogP contribution in [0.25, 0.3) is 0 Å². The maximum atomic E-state index is 2.12. The second-order valence-electron chi connectivity index (χ2n) is 4.24. The molecule has 0 bridgehead atoms. The molecule has 0 nitrogen and oxygen atoms in total. The predicted octanol–water partition coefficient (Wildman–Crippen LogP) is 9.42. The Hall–Kier alpha value is 0. The molecule has 0 radical (unpaired) electrons. The summed E-state index contributed by atoms with van der Waals surface area (Å²) in [7, 11) is 0. The van der Waals surface area contributed by atoms with E-state index in [1.54, 1.807) is 0 Å². The fourth-order valence-electron chi connectivity index (χ4n) is 1.77. The van der Waals surface area contributed by atoms with Gasteiger partial charge in [0.15, 0.2) is 0 Å². The van der Waals surface area contributed by atoms with E-state index in [0.29, 0.717) is 0 Å². The Labute approximate surface area is 140 Å². The summed E-state index contributed by atoms with van der Waals surface area (Å²) in [4.78, 5) is 0. The van der Waals surface area contributed by atoms with Crippen LogP contribution in [0.15, 0.2) is 0 Å². The van der Waals surface area contributed by atoms with Crippen molar-refractivity contribution in [2.24, 2.45) is 0 Å². The first-order valence-corrected chi connectivity index (χ1v) is 10.4. The molecule has 0 aliphatic heterocycles. The molecule has 0 amide bonds. The molecular formula is C21H52. The Morgan fingerprint density at radius 2 is 0.381 bits per heavy atom. The van der Waals surface area contributed by atoms with Gasteiger partial charge in [-0.05, 0) is 0 Å². The molecule has 2 fully saturated rings. The normalized spacial score (nSPS) is 13.4. The van der Waals surface area contributed by atoms with Gasteiger partial charge in [0.25, 0.3) is 0 Å². The third-order valence-electron chi connectivity index (χ3n) is 2.50. The van der Waals surface area contributed by atoms with Gasteiger partial charge in [-0.1, -0.05) is 140 Å². The lowest BCUT2D eigenvalue weighted by atomic mass is 10.4. The zero-order valence-electron chi connectivity index (χ0n) is 17.8. The van der Waals surface area contributed by atoms with Crippen LogP contribution < -0.4 is 0 Å². The smallest absolute Gasteiger partial charge is 0.0533 e. The van der Waals surface area contributed by atoms with Crippen molar-refractivity contribution in [2.45, 2.75) is 140 Å². The summed E-state index contributed by atoms with van der Waals surface area (Å²) in [5.74, 6) is 0. The molecule has 21 heavy (non-hydrogen) atoms. The fourth-order valence-corrected chi connectivity index (χ4v) is 1.77. The van der Waals surface area contributed by atoms with E-state index < -0.39 is 0 Å². The Morgan fingerprint density at radius 3 is 0.429 bits per heavy atom. The van der Waals surface area contributed by atoms with Gasteiger partial charge in [-0.15, -0.1) is 0 Å². The maximum Gasteiger partial charge on any atom is -0.0533 e. The van der Waals surface area contributed by atoms with Crippen molar-refractivity contribution in [1.29, 1.82) is 0 Å². The standard InChI is InChI=1S/2C5H10.C3H8.4C2H6/c2*1-2-4-5-3-1;1-3-2;4*1-2/h2*1-5H2;3H2,1-2H3;4*1-2H3. The Balaban J connectivity index is -0.0000000505. The molecule has 0 aromatic carbocycles. The van der Waals surface area contributed by atoms with E-state index in [1.807, 2.05) is 55.4 Å². The van der Waals surface area contributed by atoms with Crippen molar-refractivity contribution in [2.75, 3.05) is 0 Å². The molecular weight excluding hydrogens is 252 g/mol. The molecule has 136 valence electrons. The average Bonchev–Trinajstić information content (AvgIpc) is 3.33. The molecule has 2 aliphatic carbocycles. The van der Waals surface area contributed by atoms with Crippen LogP contribution in [0.1, 0.15) is 140 Å². The van der Waals surface area contributed by atoms with Crippen LogP contribution in [-0.4, -0.2) is 0 Å².